The maximum atomic E-state index is 6.60. The quantitative estimate of drug-likeness (QED) is 0.912. The first-order valence-electron chi connectivity index (χ1n) is 7.10. The molecule has 1 saturated carbocycles. The molecule has 0 radical (unpaired) electrons. The molecule has 1 aliphatic carbocycles. The van der Waals surface area contributed by atoms with Gasteiger partial charge in [-0.1, -0.05) is 36.8 Å². The van der Waals surface area contributed by atoms with Crippen LogP contribution in [0, 0.1) is 0 Å². The highest BCUT2D eigenvalue weighted by molar-refractivity contribution is 5.32. The summed E-state index contributed by atoms with van der Waals surface area (Å²) in [6.45, 7) is 3.06. The fourth-order valence-corrected chi connectivity index (χ4v) is 3.22. The van der Waals surface area contributed by atoms with Gasteiger partial charge >= 0.3 is 0 Å². The number of aryl methyl sites for hydroxylation is 1. The van der Waals surface area contributed by atoms with E-state index >= 15 is 0 Å². The van der Waals surface area contributed by atoms with Gasteiger partial charge in [-0.3, -0.25) is 0 Å². The van der Waals surface area contributed by atoms with E-state index in [1.807, 2.05) is 12.4 Å². The average molecular weight is 255 g/mol. The van der Waals surface area contributed by atoms with Gasteiger partial charge in [0.05, 0.1) is 6.04 Å². The second-order valence-corrected chi connectivity index (χ2v) is 5.42. The Morgan fingerprint density at radius 1 is 1.32 bits per heavy atom. The van der Waals surface area contributed by atoms with Crippen molar-refractivity contribution in [3.05, 3.63) is 54.1 Å². The van der Waals surface area contributed by atoms with Gasteiger partial charge in [0, 0.05) is 24.4 Å². The molecule has 1 fully saturated rings. The van der Waals surface area contributed by atoms with E-state index in [4.69, 9.17) is 5.73 Å². The fourth-order valence-electron chi connectivity index (χ4n) is 3.22. The second kappa shape index (κ2) is 4.82. The highest BCUT2D eigenvalue weighted by atomic mass is 15.1. The maximum absolute atomic E-state index is 6.60. The molecule has 3 heteroatoms. The molecule has 1 aromatic heterocycles. The molecule has 1 aliphatic rings. The molecule has 3 rings (SSSR count). The Hall–Kier alpha value is -1.61. The highest BCUT2D eigenvalue weighted by Crippen LogP contribution is 2.50. The molecular formula is C16H21N3. The molecule has 3 nitrogen and oxygen atoms in total. The van der Waals surface area contributed by atoms with E-state index in [2.05, 4.69) is 46.8 Å². The zero-order valence-corrected chi connectivity index (χ0v) is 11.4. The summed E-state index contributed by atoms with van der Waals surface area (Å²) in [4.78, 5) is 4.50. The van der Waals surface area contributed by atoms with E-state index in [9.17, 15) is 0 Å². The normalized spacial score (nSPS) is 18.8. The molecule has 1 unspecified atom stereocenters. The van der Waals surface area contributed by atoms with Crippen molar-refractivity contribution in [2.24, 2.45) is 5.73 Å². The molecule has 0 bridgehead atoms. The van der Waals surface area contributed by atoms with E-state index < -0.39 is 0 Å². The van der Waals surface area contributed by atoms with Crippen LogP contribution in [0.25, 0.3) is 0 Å². The first kappa shape index (κ1) is 12.4. The Labute approximate surface area is 114 Å². The molecule has 2 aromatic rings. The summed E-state index contributed by atoms with van der Waals surface area (Å²) in [5, 5.41) is 0. The molecular weight excluding hydrogens is 234 g/mol. The molecule has 1 aromatic carbocycles. The van der Waals surface area contributed by atoms with E-state index in [1.165, 1.54) is 12.0 Å². The van der Waals surface area contributed by atoms with Gasteiger partial charge in [0.2, 0.25) is 0 Å². The monoisotopic (exact) mass is 255 g/mol. The van der Waals surface area contributed by atoms with Crippen LogP contribution in [-0.4, -0.2) is 9.55 Å². The number of imidazole rings is 1. The SMILES string of the molecule is CCn1ccnc1C(N)C1(c2ccccc2)CCC1. The maximum Gasteiger partial charge on any atom is 0.126 e. The van der Waals surface area contributed by atoms with Crippen molar-refractivity contribution in [1.82, 2.24) is 9.55 Å². The van der Waals surface area contributed by atoms with Crippen LogP contribution < -0.4 is 5.73 Å². The number of benzene rings is 1. The lowest BCUT2D eigenvalue weighted by Gasteiger charge is -2.46. The van der Waals surface area contributed by atoms with E-state index in [0.717, 1.165) is 25.2 Å². The van der Waals surface area contributed by atoms with Gasteiger partial charge in [-0.15, -0.1) is 0 Å². The number of hydrogen-bond acceptors (Lipinski definition) is 2. The minimum absolute atomic E-state index is 0.0152. The summed E-state index contributed by atoms with van der Waals surface area (Å²) in [7, 11) is 0. The number of nitrogens with two attached hydrogens (primary N) is 1. The standard InChI is InChI=1S/C16H21N3/c1-2-19-12-11-18-15(19)14(17)16(9-6-10-16)13-7-4-3-5-8-13/h3-5,7-8,11-12,14H,2,6,9-10,17H2,1H3. The predicted octanol–water partition coefficient (Wildman–Crippen LogP) is 3.02. The van der Waals surface area contributed by atoms with Crippen LogP contribution in [0.3, 0.4) is 0 Å². The zero-order valence-electron chi connectivity index (χ0n) is 11.4. The molecule has 1 heterocycles. The number of nitrogens with zero attached hydrogens (tertiary/aromatic N) is 2. The van der Waals surface area contributed by atoms with Crippen LogP contribution in [-0.2, 0) is 12.0 Å². The van der Waals surface area contributed by atoms with Gasteiger partial charge < -0.3 is 10.3 Å². The lowest BCUT2D eigenvalue weighted by Crippen LogP contribution is -2.45. The third-order valence-corrected chi connectivity index (χ3v) is 4.56. The minimum atomic E-state index is -0.0152. The van der Waals surface area contributed by atoms with Gasteiger partial charge in [-0.25, -0.2) is 4.98 Å². The van der Waals surface area contributed by atoms with Gasteiger partial charge in [-0.05, 0) is 25.3 Å². The van der Waals surface area contributed by atoms with Crippen molar-refractivity contribution < 1.29 is 0 Å². The Morgan fingerprint density at radius 2 is 2.05 bits per heavy atom. The lowest BCUT2D eigenvalue weighted by atomic mass is 9.60. The number of aromatic nitrogens is 2. The highest BCUT2D eigenvalue weighted by Gasteiger charge is 2.45. The average Bonchev–Trinajstić information content (AvgIpc) is 2.87. The van der Waals surface area contributed by atoms with Crippen molar-refractivity contribution in [3.63, 3.8) is 0 Å². The minimum Gasteiger partial charge on any atom is -0.334 e. The van der Waals surface area contributed by atoms with Crippen molar-refractivity contribution >= 4 is 0 Å². The number of rotatable bonds is 4. The molecule has 0 aliphatic heterocycles. The summed E-state index contributed by atoms with van der Waals surface area (Å²) in [5.74, 6) is 1.02. The van der Waals surface area contributed by atoms with E-state index in [0.29, 0.717) is 0 Å². The van der Waals surface area contributed by atoms with E-state index in [-0.39, 0.29) is 11.5 Å². The molecule has 0 spiro atoms. The van der Waals surface area contributed by atoms with Crippen molar-refractivity contribution in [3.8, 4) is 0 Å². The summed E-state index contributed by atoms with van der Waals surface area (Å²) in [5.41, 5.74) is 8.05. The largest absolute Gasteiger partial charge is 0.334 e. The van der Waals surface area contributed by atoms with Crippen LogP contribution in [0.1, 0.15) is 43.6 Å². The van der Waals surface area contributed by atoms with Gasteiger partial charge in [0.25, 0.3) is 0 Å². The summed E-state index contributed by atoms with van der Waals surface area (Å²) in [6, 6.07) is 10.7. The van der Waals surface area contributed by atoms with Crippen molar-refractivity contribution in [2.75, 3.05) is 0 Å². The van der Waals surface area contributed by atoms with Crippen LogP contribution in [0.5, 0.6) is 0 Å². The number of hydrogen-bond donors (Lipinski definition) is 1. The molecule has 1 atom stereocenters. The van der Waals surface area contributed by atoms with Gasteiger partial charge in [0.15, 0.2) is 0 Å². The molecule has 0 amide bonds. The van der Waals surface area contributed by atoms with Gasteiger partial charge in [0.1, 0.15) is 5.82 Å². The van der Waals surface area contributed by atoms with Crippen LogP contribution in [0.15, 0.2) is 42.7 Å². The van der Waals surface area contributed by atoms with Gasteiger partial charge in [-0.2, -0.15) is 0 Å². The van der Waals surface area contributed by atoms with Crippen LogP contribution in [0.2, 0.25) is 0 Å². The summed E-state index contributed by atoms with van der Waals surface area (Å²) in [6.07, 6.45) is 7.46. The Bertz CT molecular complexity index is 540. The molecule has 2 N–H and O–H groups in total. The van der Waals surface area contributed by atoms with Crippen molar-refractivity contribution in [2.45, 2.75) is 44.2 Å². The fraction of sp³-hybridized carbons (Fsp3) is 0.438. The molecule has 19 heavy (non-hydrogen) atoms. The van der Waals surface area contributed by atoms with Crippen molar-refractivity contribution in [1.29, 1.82) is 0 Å². The van der Waals surface area contributed by atoms with Crippen LogP contribution in [0.4, 0.5) is 0 Å². The van der Waals surface area contributed by atoms with E-state index in [1.54, 1.807) is 0 Å². The topological polar surface area (TPSA) is 43.8 Å². The summed E-state index contributed by atoms with van der Waals surface area (Å²) >= 11 is 0. The summed E-state index contributed by atoms with van der Waals surface area (Å²) < 4.78 is 2.16. The molecule has 0 saturated heterocycles. The zero-order chi connectivity index (χ0) is 13.3. The Kier molecular flexibility index (Phi) is 3.15. The third-order valence-electron chi connectivity index (χ3n) is 4.56. The first-order valence-corrected chi connectivity index (χ1v) is 7.10. The predicted molar refractivity (Wildman–Crippen MR) is 76.8 cm³/mol. The smallest absolute Gasteiger partial charge is 0.126 e. The second-order valence-electron chi connectivity index (χ2n) is 5.42. The Morgan fingerprint density at radius 3 is 2.63 bits per heavy atom. The molecule has 100 valence electrons. The van der Waals surface area contributed by atoms with Crippen LogP contribution >= 0.6 is 0 Å². The first-order chi connectivity index (χ1) is 9.28. The lowest BCUT2D eigenvalue weighted by molar-refractivity contribution is 0.188. The third kappa shape index (κ3) is 1.89. The Balaban J connectivity index is 1.99.